The average molecular weight is 290 g/mol. The minimum atomic E-state index is -0.501. The molecule has 110 valence electrons. The van der Waals surface area contributed by atoms with E-state index in [0.717, 1.165) is 6.07 Å². The minimum absolute atomic E-state index is 0.0308. The highest BCUT2D eigenvalue weighted by Gasteiger charge is 2.21. The molecule has 2 amide bonds. The van der Waals surface area contributed by atoms with E-state index in [-0.39, 0.29) is 35.6 Å². The summed E-state index contributed by atoms with van der Waals surface area (Å²) in [4.78, 5) is 23.3. The summed E-state index contributed by atoms with van der Waals surface area (Å²) >= 11 is 0. The van der Waals surface area contributed by atoms with Gasteiger partial charge >= 0.3 is 0 Å². The number of carbonyl (C=O) groups is 2. The van der Waals surface area contributed by atoms with Gasteiger partial charge in [0, 0.05) is 24.6 Å². The molecule has 0 aliphatic carbocycles. The third-order valence-electron chi connectivity index (χ3n) is 3.13. The number of carbonyl (C=O) groups excluding carboxylic acids is 2. The van der Waals surface area contributed by atoms with E-state index in [1.807, 2.05) is 0 Å². The van der Waals surface area contributed by atoms with E-state index in [4.69, 9.17) is 5.11 Å². The Balaban J connectivity index is 2.13. The van der Waals surface area contributed by atoms with Gasteiger partial charge in [0.15, 0.2) is 0 Å². The van der Waals surface area contributed by atoms with Crippen LogP contribution in [0.25, 0.3) is 0 Å². The van der Waals surface area contributed by atoms with Gasteiger partial charge < -0.3 is 15.7 Å². The Morgan fingerprint density at radius 1 is 1.52 bits per heavy atom. The third-order valence-corrected chi connectivity index (χ3v) is 3.13. The van der Waals surface area contributed by atoms with Crippen LogP contribution < -0.4 is 10.6 Å². The third kappa shape index (κ3) is 4.04. The number of nitrogens with one attached hydrogen (secondary N) is 2. The van der Waals surface area contributed by atoms with Crippen LogP contribution in [0.4, 0.5) is 4.39 Å². The molecule has 0 radical (unpaired) electrons. The molecule has 1 fully saturated rings. The lowest BCUT2D eigenvalue weighted by atomic mass is 10.0. The van der Waals surface area contributed by atoms with E-state index in [9.17, 15) is 14.0 Å². The zero-order chi connectivity index (χ0) is 15.2. The number of rotatable bonds is 2. The fraction of sp³-hybridized carbons (Fsp3) is 0.333. The van der Waals surface area contributed by atoms with E-state index < -0.39 is 5.82 Å². The zero-order valence-electron chi connectivity index (χ0n) is 11.3. The number of hydrogen-bond acceptors (Lipinski definition) is 3. The summed E-state index contributed by atoms with van der Waals surface area (Å²) in [6.45, 7) is 0.00957. The first-order valence-electron chi connectivity index (χ1n) is 6.57. The molecular formula is C15H15FN2O3. The van der Waals surface area contributed by atoms with Crippen LogP contribution in [0.1, 0.15) is 28.8 Å². The average Bonchev–Trinajstić information content (AvgIpc) is 2.47. The van der Waals surface area contributed by atoms with Crippen molar-refractivity contribution in [3.63, 3.8) is 0 Å². The summed E-state index contributed by atoms with van der Waals surface area (Å²) in [7, 11) is 0. The second-order valence-electron chi connectivity index (χ2n) is 4.66. The quantitative estimate of drug-likeness (QED) is 0.680. The van der Waals surface area contributed by atoms with Crippen molar-refractivity contribution in [1.82, 2.24) is 10.6 Å². The number of amides is 2. The normalized spacial score (nSPS) is 17.4. The maximum atomic E-state index is 13.2. The lowest BCUT2D eigenvalue weighted by Gasteiger charge is -2.23. The van der Waals surface area contributed by atoms with E-state index >= 15 is 0 Å². The molecule has 1 aromatic carbocycles. The number of benzene rings is 1. The van der Waals surface area contributed by atoms with Gasteiger partial charge in [-0.05, 0) is 24.6 Å². The highest BCUT2D eigenvalue weighted by molar-refractivity contribution is 5.97. The lowest BCUT2D eigenvalue weighted by molar-refractivity contribution is -0.122. The topological polar surface area (TPSA) is 78.4 Å². The fourth-order valence-corrected chi connectivity index (χ4v) is 2.07. The molecule has 3 N–H and O–H groups in total. The van der Waals surface area contributed by atoms with Crippen molar-refractivity contribution in [2.24, 2.45) is 0 Å². The van der Waals surface area contributed by atoms with Crippen molar-refractivity contribution in [1.29, 1.82) is 0 Å². The van der Waals surface area contributed by atoms with Gasteiger partial charge in [-0.25, -0.2) is 4.39 Å². The molecule has 1 atom stereocenters. The molecule has 21 heavy (non-hydrogen) atoms. The van der Waals surface area contributed by atoms with Crippen molar-refractivity contribution in [3.8, 4) is 11.8 Å². The Bertz CT molecular complexity index is 609. The van der Waals surface area contributed by atoms with E-state index in [1.54, 1.807) is 0 Å². The number of piperidine rings is 1. The molecule has 1 aliphatic heterocycles. The fourth-order valence-electron chi connectivity index (χ4n) is 2.07. The van der Waals surface area contributed by atoms with Crippen LogP contribution in [0.5, 0.6) is 0 Å². The molecule has 1 saturated heterocycles. The number of hydrogen-bond donors (Lipinski definition) is 3. The monoisotopic (exact) mass is 290 g/mol. The highest BCUT2D eigenvalue weighted by Crippen LogP contribution is 2.12. The minimum Gasteiger partial charge on any atom is -0.384 e. The predicted molar refractivity (Wildman–Crippen MR) is 73.9 cm³/mol. The summed E-state index contributed by atoms with van der Waals surface area (Å²) in [6.07, 6.45) is 0.932. The van der Waals surface area contributed by atoms with Crippen LogP contribution in [-0.2, 0) is 4.79 Å². The van der Waals surface area contributed by atoms with E-state index in [0.29, 0.717) is 19.4 Å². The summed E-state index contributed by atoms with van der Waals surface area (Å²) in [5, 5.41) is 14.2. The van der Waals surface area contributed by atoms with Gasteiger partial charge in [-0.1, -0.05) is 11.8 Å². The van der Waals surface area contributed by atoms with Crippen LogP contribution in [-0.4, -0.2) is 36.1 Å². The lowest BCUT2D eigenvalue weighted by Crippen LogP contribution is -2.47. The maximum Gasteiger partial charge on any atom is 0.252 e. The van der Waals surface area contributed by atoms with Crippen LogP contribution in [0.15, 0.2) is 18.2 Å². The number of aliphatic hydroxyl groups excluding tert-OH is 1. The molecule has 2 rings (SSSR count). The first-order chi connectivity index (χ1) is 10.1. The Morgan fingerprint density at radius 2 is 2.33 bits per heavy atom. The summed E-state index contributed by atoms with van der Waals surface area (Å²) in [5.41, 5.74) is 0.468. The van der Waals surface area contributed by atoms with Crippen molar-refractivity contribution in [2.75, 3.05) is 13.2 Å². The van der Waals surface area contributed by atoms with E-state index in [1.165, 1.54) is 12.1 Å². The van der Waals surface area contributed by atoms with Crippen LogP contribution >= 0.6 is 0 Å². The number of halogens is 1. The Hall–Kier alpha value is -2.39. The second kappa shape index (κ2) is 6.86. The standard InChI is InChI=1S/C15H15FN2O3/c16-11-3-5-13(10(8-11)2-1-7-19)15(21)18-12-4-6-14(20)17-9-12/h3,5,8,12,19H,4,6-7,9H2,(H,17,20)(H,18,21). The first kappa shape index (κ1) is 15.0. The van der Waals surface area contributed by atoms with Crippen LogP contribution in [0.2, 0.25) is 0 Å². The zero-order valence-corrected chi connectivity index (χ0v) is 11.3. The number of aliphatic hydroxyl groups is 1. The van der Waals surface area contributed by atoms with Crippen molar-refractivity contribution < 1.29 is 19.1 Å². The summed E-state index contributed by atoms with van der Waals surface area (Å²) in [6, 6.07) is 3.54. The molecule has 0 spiro atoms. The smallest absolute Gasteiger partial charge is 0.252 e. The predicted octanol–water partition coefficient (Wildman–Crippen LogP) is 0.178. The molecule has 0 aromatic heterocycles. The molecule has 5 nitrogen and oxygen atoms in total. The summed E-state index contributed by atoms with van der Waals surface area (Å²) < 4.78 is 13.2. The van der Waals surface area contributed by atoms with Gasteiger partial charge in [0.25, 0.3) is 5.91 Å². The van der Waals surface area contributed by atoms with Gasteiger partial charge in [-0.3, -0.25) is 9.59 Å². The van der Waals surface area contributed by atoms with Gasteiger partial charge in [0.1, 0.15) is 12.4 Å². The van der Waals surface area contributed by atoms with Gasteiger partial charge in [-0.15, -0.1) is 0 Å². The van der Waals surface area contributed by atoms with E-state index in [2.05, 4.69) is 22.5 Å². The summed E-state index contributed by atoms with van der Waals surface area (Å²) in [5.74, 6) is 4.05. The molecular weight excluding hydrogens is 275 g/mol. The molecule has 0 saturated carbocycles. The second-order valence-corrected chi connectivity index (χ2v) is 4.66. The Labute approximate surface area is 121 Å². The molecule has 1 aromatic rings. The Kier molecular flexibility index (Phi) is 4.90. The van der Waals surface area contributed by atoms with Crippen molar-refractivity contribution in [3.05, 3.63) is 35.1 Å². The molecule has 1 heterocycles. The molecule has 1 aliphatic rings. The van der Waals surface area contributed by atoms with Gasteiger partial charge in [0.05, 0.1) is 5.56 Å². The van der Waals surface area contributed by atoms with Crippen molar-refractivity contribution in [2.45, 2.75) is 18.9 Å². The largest absolute Gasteiger partial charge is 0.384 e. The van der Waals surface area contributed by atoms with Crippen LogP contribution in [0.3, 0.4) is 0 Å². The molecule has 0 bridgehead atoms. The first-order valence-corrected chi connectivity index (χ1v) is 6.57. The Morgan fingerprint density at radius 3 is 3.00 bits per heavy atom. The highest BCUT2D eigenvalue weighted by atomic mass is 19.1. The SMILES string of the molecule is O=C1CCC(NC(=O)c2ccc(F)cc2C#CCO)CN1. The van der Waals surface area contributed by atoms with Crippen molar-refractivity contribution >= 4 is 11.8 Å². The molecule has 1 unspecified atom stereocenters. The van der Waals surface area contributed by atoms with Gasteiger partial charge in [-0.2, -0.15) is 0 Å². The maximum absolute atomic E-state index is 13.2. The van der Waals surface area contributed by atoms with Gasteiger partial charge in [0.2, 0.25) is 5.91 Å². The molecule has 6 heteroatoms. The van der Waals surface area contributed by atoms with Crippen LogP contribution in [0, 0.1) is 17.7 Å².